The Hall–Kier alpha value is -2.37. The Balaban J connectivity index is 0.00000169. The molecule has 0 aliphatic heterocycles. The minimum atomic E-state index is 0. The van der Waals surface area contributed by atoms with E-state index in [1.165, 1.54) is 18.3 Å². The van der Waals surface area contributed by atoms with Crippen molar-refractivity contribution in [1.82, 2.24) is 24.7 Å². The number of pyridine rings is 1. The van der Waals surface area contributed by atoms with Crippen LogP contribution in [0.5, 0.6) is 0 Å². The van der Waals surface area contributed by atoms with E-state index in [-0.39, 0.29) is 20.1 Å². The molecule has 0 saturated carbocycles. The summed E-state index contributed by atoms with van der Waals surface area (Å²) >= 11 is 0. The van der Waals surface area contributed by atoms with Crippen molar-refractivity contribution >= 4 is 11.1 Å². The minimum Gasteiger partial charge on any atom is -0.462 e. The molecular formula is C17H14IrN5O-. The molecule has 0 bridgehead atoms. The molecule has 3 heterocycles. The standard InChI is InChI=1S/C17H14N5O.Ir/c1-10-4-11(2)16(12(3)5-10)22-17(19-8-21-22)13-6-18-7-14-15(13)20-9-23-14;/h4-5,7-9H,1-3H3;/q-1;. The summed E-state index contributed by atoms with van der Waals surface area (Å²) in [6.07, 6.45) is 7.48. The Kier molecular flexibility index (Phi) is 4.30. The fourth-order valence-corrected chi connectivity index (χ4v) is 2.98. The zero-order valence-corrected chi connectivity index (χ0v) is 15.8. The van der Waals surface area contributed by atoms with Gasteiger partial charge in [0.15, 0.2) is 6.39 Å². The number of fused-ring (bicyclic) bond motifs is 1. The molecule has 1 radical (unpaired) electrons. The maximum atomic E-state index is 5.31. The summed E-state index contributed by atoms with van der Waals surface area (Å²) in [4.78, 5) is 12.7. The summed E-state index contributed by atoms with van der Waals surface area (Å²) < 4.78 is 7.13. The second-order valence-electron chi connectivity index (χ2n) is 5.55. The van der Waals surface area contributed by atoms with E-state index in [9.17, 15) is 0 Å². The molecule has 0 fully saturated rings. The predicted molar refractivity (Wildman–Crippen MR) is 85.2 cm³/mol. The molecule has 24 heavy (non-hydrogen) atoms. The van der Waals surface area contributed by atoms with E-state index in [0.29, 0.717) is 22.5 Å². The molecular weight excluding hydrogens is 482 g/mol. The number of rotatable bonds is 2. The van der Waals surface area contributed by atoms with E-state index >= 15 is 0 Å². The normalized spacial score (nSPS) is 10.8. The van der Waals surface area contributed by atoms with Crippen LogP contribution in [0.1, 0.15) is 16.7 Å². The second-order valence-corrected chi connectivity index (χ2v) is 5.55. The molecule has 3 aromatic heterocycles. The van der Waals surface area contributed by atoms with Crippen LogP contribution in [0.3, 0.4) is 0 Å². The summed E-state index contributed by atoms with van der Waals surface area (Å²) in [5.74, 6) is 0.645. The van der Waals surface area contributed by atoms with Crippen LogP contribution in [-0.4, -0.2) is 24.7 Å². The quantitative estimate of drug-likeness (QED) is 0.399. The fraction of sp³-hybridized carbons (Fsp3) is 0.176. The number of hydrogen-bond acceptors (Lipinski definition) is 5. The smallest absolute Gasteiger partial charge is 0.170 e. The van der Waals surface area contributed by atoms with E-state index in [0.717, 1.165) is 16.8 Å². The van der Waals surface area contributed by atoms with Crippen molar-refractivity contribution in [2.45, 2.75) is 20.8 Å². The summed E-state index contributed by atoms with van der Waals surface area (Å²) in [7, 11) is 0. The van der Waals surface area contributed by atoms with E-state index in [1.54, 1.807) is 6.20 Å². The number of aromatic nitrogens is 5. The van der Waals surface area contributed by atoms with Gasteiger partial charge < -0.3 is 9.40 Å². The average molecular weight is 497 g/mol. The Bertz CT molecular complexity index is 998. The van der Waals surface area contributed by atoms with Gasteiger partial charge in [-0.05, 0) is 44.3 Å². The van der Waals surface area contributed by atoms with Gasteiger partial charge in [0.25, 0.3) is 0 Å². The van der Waals surface area contributed by atoms with Crippen LogP contribution in [0.15, 0.2) is 35.5 Å². The van der Waals surface area contributed by atoms with Crippen molar-refractivity contribution in [3.8, 4) is 17.1 Å². The van der Waals surface area contributed by atoms with Gasteiger partial charge in [-0.2, -0.15) is 5.10 Å². The van der Waals surface area contributed by atoms with Crippen molar-refractivity contribution in [1.29, 1.82) is 0 Å². The van der Waals surface area contributed by atoms with E-state index in [4.69, 9.17) is 4.42 Å². The Morgan fingerprint density at radius 3 is 2.58 bits per heavy atom. The average Bonchev–Trinajstić information content (AvgIpc) is 3.14. The van der Waals surface area contributed by atoms with Crippen LogP contribution >= 0.6 is 0 Å². The Labute approximate surface area is 152 Å². The van der Waals surface area contributed by atoms with Crippen molar-refractivity contribution in [2.75, 3.05) is 0 Å². The predicted octanol–water partition coefficient (Wildman–Crippen LogP) is 3.19. The van der Waals surface area contributed by atoms with Crippen LogP contribution in [0, 0.1) is 27.0 Å². The van der Waals surface area contributed by atoms with Crippen molar-refractivity contribution in [3.05, 3.63) is 53.9 Å². The van der Waals surface area contributed by atoms with Crippen LogP contribution < -0.4 is 0 Å². The van der Waals surface area contributed by atoms with Gasteiger partial charge in [0.2, 0.25) is 0 Å². The molecule has 4 rings (SSSR count). The SMILES string of the molecule is Cc1cc(C)c(-n2ncnc2-c2[c-]ncc3ocnc23)c(C)c1.[Ir]. The van der Waals surface area contributed by atoms with Gasteiger partial charge >= 0.3 is 0 Å². The van der Waals surface area contributed by atoms with Gasteiger partial charge in [-0.1, -0.05) is 23.3 Å². The van der Waals surface area contributed by atoms with Crippen LogP contribution in [0.4, 0.5) is 0 Å². The van der Waals surface area contributed by atoms with Gasteiger partial charge in [-0.3, -0.25) is 14.6 Å². The zero-order valence-electron chi connectivity index (χ0n) is 13.4. The van der Waals surface area contributed by atoms with Crippen molar-refractivity contribution in [3.63, 3.8) is 0 Å². The molecule has 123 valence electrons. The van der Waals surface area contributed by atoms with E-state index in [2.05, 4.69) is 59.2 Å². The van der Waals surface area contributed by atoms with Crippen LogP contribution in [0.25, 0.3) is 28.2 Å². The maximum Gasteiger partial charge on any atom is 0.170 e. The number of benzene rings is 1. The molecule has 0 spiro atoms. The number of nitrogens with zero attached hydrogens (tertiary/aromatic N) is 5. The Morgan fingerprint density at radius 2 is 1.83 bits per heavy atom. The molecule has 7 heteroatoms. The fourth-order valence-electron chi connectivity index (χ4n) is 2.98. The first kappa shape index (κ1) is 16.5. The summed E-state index contributed by atoms with van der Waals surface area (Å²) in [6.45, 7) is 6.22. The van der Waals surface area contributed by atoms with Gasteiger partial charge in [0.1, 0.15) is 6.33 Å². The summed E-state index contributed by atoms with van der Waals surface area (Å²) in [6, 6.07) is 4.26. The Morgan fingerprint density at radius 1 is 1.08 bits per heavy atom. The number of hydrogen-bond donors (Lipinski definition) is 0. The molecule has 6 nitrogen and oxygen atoms in total. The minimum absolute atomic E-state index is 0. The largest absolute Gasteiger partial charge is 0.462 e. The first-order valence-corrected chi connectivity index (χ1v) is 7.23. The topological polar surface area (TPSA) is 69.6 Å². The third-order valence-electron chi connectivity index (χ3n) is 3.81. The van der Waals surface area contributed by atoms with Crippen molar-refractivity contribution in [2.24, 2.45) is 0 Å². The first-order valence-electron chi connectivity index (χ1n) is 7.23. The summed E-state index contributed by atoms with van der Waals surface area (Å²) in [5.41, 5.74) is 6.45. The van der Waals surface area contributed by atoms with Crippen LogP contribution in [-0.2, 0) is 20.1 Å². The molecule has 0 aliphatic carbocycles. The second kappa shape index (κ2) is 6.26. The number of oxazole rings is 1. The first-order chi connectivity index (χ1) is 11.1. The zero-order chi connectivity index (χ0) is 16.0. The van der Waals surface area contributed by atoms with Crippen molar-refractivity contribution < 1.29 is 24.5 Å². The third kappa shape index (κ3) is 2.56. The molecule has 0 saturated heterocycles. The van der Waals surface area contributed by atoms with Gasteiger partial charge in [-0.25, -0.2) is 0 Å². The molecule has 0 unspecified atom stereocenters. The molecule has 0 amide bonds. The molecule has 0 aliphatic rings. The molecule has 1 aromatic carbocycles. The van der Waals surface area contributed by atoms with Crippen LogP contribution in [0.2, 0.25) is 0 Å². The molecule has 0 atom stereocenters. The van der Waals surface area contributed by atoms with E-state index in [1.807, 2.05) is 4.68 Å². The molecule has 0 N–H and O–H groups in total. The molecule has 4 aromatic rings. The summed E-state index contributed by atoms with van der Waals surface area (Å²) in [5, 5.41) is 4.40. The van der Waals surface area contributed by atoms with Gasteiger partial charge in [0, 0.05) is 25.6 Å². The third-order valence-corrected chi connectivity index (χ3v) is 3.81. The monoisotopic (exact) mass is 497 g/mol. The maximum absolute atomic E-state index is 5.31. The van der Waals surface area contributed by atoms with E-state index < -0.39 is 0 Å². The van der Waals surface area contributed by atoms with Gasteiger partial charge in [0.05, 0.1) is 17.1 Å². The van der Waals surface area contributed by atoms with Gasteiger partial charge in [-0.15, -0.1) is 0 Å². The number of aryl methyl sites for hydroxylation is 3.